The van der Waals surface area contributed by atoms with E-state index in [1.54, 1.807) is 6.07 Å². The number of anilines is 1. The average molecular weight is 396 g/mol. The number of hydrogen-bond acceptors (Lipinski definition) is 3. The van der Waals surface area contributed by atoms with Gasteiger partial charge in [0.15, 0.2) is 0 Å². The topological polar surface area (TPSA) is 77.2 Å². The van der Waals surface area contributed by atoms with Crippen LogP contribution in [0, 0.1) is 12.7 Å². The number of nitrogens with zero attached hydrogens (tertiary/aromatic N) is 1. The summed E-state index contributed by atoms with van der Waals surface area (Å²) in [5, 5.41) is 5.80. The van der Waals surface area contributed by atoms with Crippen LogP contribution >= 0.6 is 0 Å². The standard InChI is InChI=1S/C22H25FN4O2/c1-12-18(21(28)24-9-10-27(2)3)14-5-4-6-15(20(14)25-12)19-16-11-13(23)7-8-17(16)26-22(19)29/h7-8,11,25H,4-6,9-10H2,1-3H3,(H,24,28)(H,26,29)/b19-15-. The number of carbonyl (C=O) groups is 2. The average Bonchev–Trinajstić information content (AvgIpc) is 3.16. The van der Waals surface area contributed by atoms with Gasteiger partial charge in [-0.05, 0) is 69.6 Å². The Labute approximate surface area is 169 Å². The van der Waals surface area contributed by atoms with Crippen molar-refractivity contribution in [1.82, 2.24) is 15.2 Å². The molecule has 2 heterocycles. The van der Waals surface area contributed by atoms with Gasteiger partial charge in [-0.1, -0.05) is 0 Å². The summed E-state index contributed by atoms with van der Waals surface area (Å²) in [6, 6.07) is 4.33. The van der Waals surface area contributed by atoms with Gasteiger partial charge in [-0.15, -0.1) is 0 Å². The minimum atomic E-state index is -0.377. The van der Waals surface area contributed by atoms with Crippen LogP contribution in [0.2, 0.25) is 0 Å². The number of likely N-dealkylation sites (N-methyl/N-ethyl adjacent to an activating group) is 1. The molecule has 0 saturated carbocycles. The van der Waals surface area contributed by atoms with Gasteiger partial charge in [0.1, 0.15) is 5.82 Å². The summed E-state index contributed by atoms with van der Waals surface area (Å²) in [5.74, 6) is -0.703. The molecule has 152 valence electrons. The predicted octanol–water partition coefficient (Wildman–Crippen LogP) is 2.95. The van der Waals surface area contributed by atoms with E-state index in [4.69, 9.17) is 0 Å². The molecule has 7 heteroatoms. The highest BCUT2D eigenvalue weighted by molar-refractivity contribution is 6.36. The van der Waals surface area contributed by atoms with Gasteiger partial charge in [-0.25, -0.2) is 4.39 Å². The Kier molecular flexibility index (Phi) is 5.00. The summed E-state index contributed by atoms with van der Waals surface area (Å²) < 4.78 is 13.8. The zero-order valence-electron chi connectivity index (χ0n) is 16.9. The lowest BCUT2D eigenvalue weighted by atomic mass is 9.86. The number of nitrogens with one attached hydrogen (secondary N) is 3. The third-order valence-electron chi connectivity index (χ3n) is 5.55. The molecule has 0 bridgehead atoms. The van der Waals surface area contributed by atoms with E-state index in [1.165, 1.54) is 12.1 Å². The van der Waals surface area contributed by atoms with Crippen LogP contribution in [0.3, 0.4) is 0 Å². The Balaban J connectivity index is 1.76. The molecule has 0 atom stereocenters. The molecule has 0 spiro atoms. The van der Waals surface area contributed by atoms with Crippen molar-refractivity contribution in [3.05, 3.63) is 52.1 Å². The van der Waals surface area contributed by atoms with Crippen molar-refractivity contribution in [2.24, 2.45) is 0 Å². The third kappa shape index (κ3) is 3.46. The smallest absolute Gasteiger partial charge is 0.256 e. The molecular weight excluding hydrogens is 371 g/mol. The lowest BCUT2D eigenvalue weighted by Gasteiger charge is -2.18. The van der Waals surface area contributed by atoms with Crippen molar-refractivity contribution < 1.29 is 14.0 Å². The first-order chi connectivity index (χ1) is 13.9. The van der Waals surface area contributed by atoms with Crippen molar-refractivity contribution in [3.63, 3.8) is 0 Å². The van der Waals surface area contributed by atoms with Gasteiger partial charge in [0.25, 0.3) is 11.8 Å². The Bertz CT molecular complexity index is 1040. The third-order valence-corrected chi connectivity index (χ3v) is 5.55. The summed E-state index contributed by atoms with van der Waals surface area (Å²) in [5.41, 5.74) is 5.78. The van der Waals surface area contributed by atoms with Gasteiger partial charge >= 0.3 is 0 Å². The number of aromatic amines is 1. The number of rotatable bonds is 4. The maximum atomic E-state index is 13.8. The number of H-pyrrole nitrogens is 1. The summed E-state index contributed by atoms with van der Waals surface area (Å²) in [6.07, 6.45) is 2.30. The van der Waals surface area contributed by atoms with Crippen LogP contribution in [0.1, 0.15) is 45.7 Å². The quantitative estimate of drug-likeness (QED) is 0.696. The summed E-state index contributed by atoms with van der Waals surface area (Å²) in [6.45, 7) is 3.20. The molecule has 2 amide bonds. The fraction of sp³-hybridized carbons (Fsp3) is 0.364. The minimum Gasteiger partial charge on any atom is -0.358 e. The number of benzene rings is 1. The molecule has 3 N–H and O–H groups in total. The molecule has 1 aromatic heterocycles. The van der Waals surface area contributed by atoms with Gasteiger partial charge in [0, 0.05) is 35.7 Å². The van der Waals surface area contributed by atoms with E-state index in [0.717, 1.165) is 41.9 Å². The van der Waals surface area contributed by atoms with Crippen LogP contribution in [0.25, 0.3) is 11.1 Å². The molecule has 0 fully saturated rings. The number of aryl methyl sites for hydroxylation is 1. The zero-order chi connectivity index (χ0) is 20.7. The number of fused-ring (bicyclic) bond motifs is 2. The van der Waals surface area contributed by atoms with Gasteiger partial charge < -0.3 is 20.5 Å². The van der Waals surface area contributed by atoms with Crippen molar-refractivity contribution in [1.29, 1.82) is 0 Å². The van der Waals surface area contributed by atoms with Crippen LogP contribution in [0.4, 0.5) is 10.1 Å². The van der Waals surface area contributed by atoms with E-state index in [-0.39, 0.29) is 17.6 Å². The van der Waals surface area contributed by atoms with Crippen LogP contribution in [0.5, 0.6) is 0 Å². The molecule has 0 radical (unpaired) electrons. The Hall–Kier alpha value is -2.93. The van der Waals surface area contributed by atoms with Crippen LogP contribution < -0.4 is 10.6 Å². The molecular formula is C22H25FN4O2. The molecule has 2 aliphatic rings. The molecule has 29 heavy (non-hydrogen) atoms. The van der Waals surface area contributed by atoms with Gasteiger partial charge in [-0.3, -0.25) is 9.59 Å². The maximum absolute atomic E-state index is 13.8. The molecule has 1 aliphatic heterocycles. The highest BCUT2D eigenvalue weighted by atomic mass is 19.1. The van der Waals surface area contributed by atoms with E-state index in [9.17, 15) is 14.0 Å². The van der Waals surface area contributed by atoms with E-state index in [1.807, 2.05) is 25.9 Å². The summed E-state index contributed by atoms with van der Waals surface area (Å²) >= 11 is 0. The van der Waals surface area contributed by atoms with Crippen LogP contribution in [-0.4, -0.2) is 48.9 Å². The van der Waals surface area contributed by atoms with Gasteiger partial charge in [-0.2, -0.15) is 0 Å². The van der Waals surface area contributed by atoms with Crippen molar-refractivity contribution >= 4 is 28.6 Å². The molecule has 0 unspecified atom stereocenters. The number of allylic oxidation sites excluding steroid dienone is 1. The number of halogens is 1. The van der Waals surface area contributed by atoms with E-state index < -0.39 is 0 Å². The number of hydrogen-bond donors (Lipinski definition) is 3. The second-order valence-corrected chi connectivity index (χ2v) is 7.89. The molecule has 6 nitrogen and oxygen atoms in total. The first-order valence-corrected chi connectivity index (χ1v) is 9.86. The van der Waals surface area contributed by atoms with Crippen LogP contribution in [0.15, 0.2) is 18.2 Å². The lowest BCUT2D eigenvalue weighted by Crippen LogP contribution is -2.32. The maximum Gasteiger partial charge on any atom is 0.256 e. The lowest BCUT2D eigenvalue weighted by molar-refractivity contribution is -0.110. The summed E-state index contributed by atoms with van der Waals surface area (Å²) in [4.78, 5) is 30.9. The molecule has 1 aromatic carbocycles. The second kappa shape index (κ2) is 7.48. The van der Waals surface area contributed by atoms with Crippen molar-refractivity contribution in [2.75, 3.05) is 32.5 Å². The van der Waals surface area contributed by atoms with E-state index >= 15 is 0 Å². The fourth-order valence-electron chi connectivity index (χ4n) is 4.23. The highest BCUT2D eigenvalue weighted by Crippen LogP contribution is 2.43. The normalized spacial score (nSPS) is 17.9. The summed E-state index contributed by atoms with van der Waals surface area (Å²) in [7, 11) is 3.92. The fourth-order valence-corrected chi connectivity index (χ4v) is 4.23. The van der Waals surface area contributed by atoms with E-state index in [2.05, 4.69) is 15.6 Å². The predicted molar refractivity (Wildman–Crippen MR) is 111 cm³/mol. The van der Waals surface area contributed by atoms with Gasteiger partial charge in [0.2, 0.25) is 0 Å². The Morgan fingerprint density at radius 2 is 2.07 bits per heavy atom. The molecule has 2 aromatic rings. The van der Waals surface area contributed by atoms with Crippen molar-refractivity contribution in [3.8, 4) is 0 Å². The highest BCUT2D eigenvalue weighted by Gasteiger charge is 2.33. The first-order valence-electron chi connectivity index (χ1n) is 9.86. The number of aromatic nitrogens is 1. The SMILES string of the molecule is Cc1[nH]c2c(c1C(=O)NCCN(C)C)CCC/C2=C1/C(=O)Nc2ccc(F)cc21. The molecule has 0 saturated heterocycles. The monoisotopic (exact) mass is 396 g/mol. The second-order valence-electron chi connectivity index (χ2n) is 7.89. The van der Waals surface area contributed by atoms with Crippen molar-refractivity contribution in [2.45, 2.75) is 26.2 Å². The largest absolute Gasteiger partial charge is 0.358 e. The van der Waals surface area contributed by atoms with Gasteiger partial charge in [0.05, 0.1) is 11.1 Å². The zero-order valence-corrected chi connectivity index (χ0v) is 16.9. The molecule has 4 rings (SSSR count). The van der Waals surface area contributed by atoms with Crippen LogP contribution in [-0.2, 0) is 11.2 Å². The Morgan fingerprint density at radius 1 is 1.28 bits per heavy atom. The number of amides is 2. The minimum absolute atomic E-state index is 0.101. The first kappa shape index (κ1) is 19.4. The molecule has 1 aliphatic carbocycles. The van der Waals surface area contributed by atoms with E-state index in [0.29, 0.717) is 35.4 Å². The Morgan fingerprint density at radius 3 is 2.83 bits per heavy atom. The number of carbonyl (C=O) groups excluding carboxylic acids is 2.